The highest BCUT2D eigenvalue weighted by Crippen LogP contribution is 2.66. The van der Waals surface area contributed by atoms with Crippen molar-refractivity contribution in [3.63, 3.8) is 0 Å². The summed E-state index contributed by atoms with van der Waals surface area (Å²) in [4.78, 5) is 54.5. The zero-order chi connectivity index (χ0) is 32.7. The Morgan fingerprint density at radius 3 is 2.22 bits per heavy atom. The molecule has 3 aromatic rings. The number of aromatic hydroxyl groups is 1. The van der Waals surface area contributed by atoms with Gasteiger partial charge in [0, 0.05) is 11.5 Å². The first-order valence-corrected chi connectivity index (χ1v) is 15.4. The molecule has 0 bridgehead atoms. The Morgan fingerprint density at radius 1 is 0.913 bits per heavy atom. The van der Waals surface area contributed by atoms with Crippen LogP contribution in [0.3, 0.4) is 0 Å². The van der Waals surface area contributed by atoms with E-state index >= 15 is 0 Å². The number of ether oxygens (including phenoxy) is 1. The number of halogens is 3. The number of carbonyl (C=O) groups is 4. The van der Waals surface area contributed by atoms with Crippen molar-refractivity contribution in [3.8, 4) is 11.5 Å². The highest BCUT2D eigenvalue weighted by atomic mass is 35.5. The minimum atomic E-state index is -2.18. The number of hydrogen-bond donors (Lipinski definition) is 1. The predicted octanol–water partition coefficient (Wildman–Crippen LogP) is 5.95. The zero-order valence-corrected chi connectivity index (χ0v) is 26.0. The van der Waals surface area contributed by atoms with Gasteiger partial charge in [0.15, 0.2) is 9.75 Å². The number of fused-ring (bicyclic) bond motifs is 4. The van der Waals surface area contributed by atoms with Crippen LogP contribution in [0.15, 0.2) is 85.0 Å². The number of phenolic OH excluding ortho intramolecular Hbond substituents is 1. The summed E-state index contributed by atoms with van der Waals surface area (Å²) in [5, 5.41) is 11.2. The molecular weight excluding hydrogens is 634 g/mol. The van der Waals surface area contributed by atoms with Crippen molar-refractivity contribution in [2.75, 3.05) is 16.9 Å². The van der Waals surface area contributed by atoms with E-state index in [1.807, 2.05) is 0 Å². The number of phenols is 1. The minimum Gasteiger partial charge on any atom is -0.508 e. The molecule has 1 N–H and O–H groups in total. The van der Waals surface area contributed by atoms with Gasteiger partial charge in [0.05, 0.1) is 30.3 Å². The second-order valence-corrected chi connectivity index (χ2v) is 13.2. The normalized spacial score (nSPS) is 30.1. The van der Waals surface area contributed by atoms with Gasteiger partial charge in [-0.1, -0.05) is 36.4 Å². The molecule has 11 heteroatoms. The summed E-state index contributed by atoms with van der Waals surface area (Å²) < 4.78 is 19.3. The Bertz CT molecular complexity index is 1880. The summed E-state index contributed by atoms with van der Waals surface area (Å²) in [7, 11) is 1.44. The number of anilines is 2. The van der Waals surface area contributed by atoms with E-state index in [-0.39, 0.29) is 35.7 Å². The van der Waals surface area contributed by atoms with Crippen LogP contribution in [0.25, 0.3) is 6.08 Å². The van der Waals surface area contributed by atoms with Crippen LogP contribution >= 0.6 is 23.2 Å². The summed E-state index contributed by atoms with van der Waals surface area (Å²) in [6.45, 7) is 3.74. The lowest BCUT2D eigenvalue weighted by Crippen LogP contribution is -2.60. The molecule has 0 radical (unpaired) electrons. The van der Waals surface area contributed by atoms with Crippen molar-refractivity contribution < 1.29 is 33.4 Å². The maximum atomic E-state index is 14.4. The molecule has 6 atom stereocenters. The van der Waals surface area contributed by atoms with Gasteiger partial charge in [-0.05, 0) is 78.9 Å². The second-order valence-electron chi connectivity index (χ2n) is 12.0. The van der Waals surface area contributed by atoms with Gasteiger partial charge in [0.1, 0.15) is 17.3 Å². The molecule has 6 unspecified atom stereocenters. The molecule has 1 saturated carbocycles. The van der Waals surface area contributed by atoms with Crippen LogP contribution in [0.5, 0.6) is 11.5 Å². The number of allylic oxidation sites excluding steroid dienone is 2. The molecule has 2 aliphatic heterocycles. The number of amides is 4. The number of rotatable bonds is 5. The smallest absolute Gasteiger partial charge is 0.258 e. The third-order valence-corrected chi connectivity index (χ3v) is 11.2. The van der Waals surface area contributed by atoms with E-state index in [0.717, 1.165) is 27.5 Å². The van der Waals surface area contributed by atoms with Gasteiger partial charge in [0.2, 0.25) is 11.8 Å². The number of carbonyl (C=O) groups excluding carboxylic acids is 4. The van der Waals surface area contributed by atoms with E-state index in [9.17, 15) is 28.7 Å². The van der Waals surface area contributed by atoms with Gasteiger partial charge < -0.3 is 9.84 Å². The molecule has 3 fully saturated rings. The molecule has 8 nitrogen and oxygen atoms in total. The van der Waals surface area contributed by atoms with Gasteiger partial charge >= 0.3 is 0 Å². The Kier molecular flexibility index (Phi) is 6.92. The molecule has 2 aliphatic carbocycles. The molecule has 234 valence electrons. The van der Waals surface area contributed by atoms with Crippen molar-refractivity contribution in [1.82, 2.24) is 0 Å². The van der Waals surface area contributed by atoms with E-state index in [4.69, 9.17) is 27.9 Å². The largest absolute Gasteiger partial charge is 0.508 e. The summed E-state index contributed by atoms with van der Waals surface area (Å²) in [6, 6.07) is 16.0. The van der Waals surface area contributed by atoms with Crippen LogP contribution in [-0.2, 0) is 19.2 Å². The first kappa shape index (κ1) is 30.2. The molecule has 46 heavy (non-hydrogen) atoms. The van der Waals surface area contributed by atoms with Crippen LogP contribution in [0.1, 0.15) is 29.9 Å². The first-order chi connectivity index (χ1) is 22.0. The van der Waals surface area contributed by atoms with Crippen molar-refractivity contribution in [2.45, 2.75) is 28.5 Å². The summed E-state index contributed by atoms with van der Waals surface area (Å²) in [6.07, 6.45) is 3.35. The topological polar surface area (TPSA) is 104 Å². The lowest BCUT2D eigenvalue weighted by molar-refractivity contribution is -0.125. The third-order valence-electron chi connectivity index (χ3n) is 9.83. The van der Waals surface area contributed by atoms with Gasteiger partial charge in [-0.25, -0.2) is 9.29 Å². The Balaban J connectivity index is 1.40. The molecule has 0 spiro atoms. The third kappa shape index (κ3) is 3.97. The van der Waals surface area contributed by atoms with Crippen LogP contribution in [0.2, 0.25) is 0 Å². The maximum Gasteiger partial charge on any atom is 0.258 e. The highest BCUT2D eigenvalue weighted by molar-refractivity contribution is 6.58. The van der Waals surface area contributed by atoms with E-state index < -0.39 is 57.0 Å². The lowest BCUT2D eigenvalue weighted by Gasteiger charge is -2.50. The van der Waals surface area contributed by atoms with E-state index in [2.05, 4.69) is 6.58 Å². The van der Waals surface area contributed by atoms with Crippen LogP contribution in [-0.4, -0.2) is 45.6 Å². The summed E-state index contributed by atoms with van der Waals surface area (Å²) >= 11 is 14.7. The molecule has 2 heterocycles. The van der Waals surface area contributed by atoms with Crippen molar-refractivity contribution in [1.29, 1.82) is 0 Å². The highest BCUT2D eigenvalue weighted by Gasteiger charge is 2.77. The van der Waals surface area contributed by atoms with Gasteiger partial charge in [-0.3, -0.25) is 24.1 Å². The SMILES string of the molecule is C=Cc1ccc(N2C(=O)C3CC=C4C(CC5(Cl)C(=O)N(c6ccc(F)cc6)C(=O)C5(Cl)C4c4cc(OC)ccc4O)C3C2=O)cc1. The van der Waals surface area contributed by atoms with Gasteiger partial charge in [-0.15, -0.1) is 23.2 Å². The number of hydrogen-bond acceptors (Lipinski definition) is 6. The molecule has 3 aromatic carbocycles. The average molecular weight is 662 g/mol. The van der Waals surface area contributed by atoms with E-state index in [1.54, 1.807) is 36.4 Å². The lowest BCUT2D eigenvalue weighted by atomic mass is 9.56. The fourth-order valence-corrected chi connectivity index (χ4v) is 8.58. The molecule has 4 amide bonds. The van der Waals surface area contributed by atoms with Crippen molar-refractivity contribution in [3.05, 3.63) is 102 Å². The Morgan fingerprint density at radius 2 is 1.57 bits per heavy atom. The van der Waals surface area contributed by atoms with Crippen LogP contribution in [0.4, 0.5) is 15.8 Å². The zero-order valence-electron chi connectivity index (χ0n) is 24.5. The van der Waals surface area contributed by atoms with Gasteiger partial charge in [0.25, 0.3) is 11.8 Å². The van der Waals surface area contributed by atoms with E-state index in [0.29, 0.717) is 17.0 Å². The number of methoxy groups -OCH3 is 1. The summed E-state index contributed by atoms with van der Waals surface area (Å²) in [5.41, 5.74) is 1.97. The minimum absolute atomic E-state index is 0.0653. The number of nitrogens with zero attached hydrogens (tertiary/aromatic N) is 2. The molecular formula is C35H27Cl2FN2O6. The predicted molar refractivity (Wildman–Crippen MR) is 170 cm³/mol. The van der Waals surface area contributed by atoms with Crippen LogP contribution < -0.4 is 14.5 Å². The Hall–Kier alpha value is -4.47. The Labute approximate surface area is 273 Å². The average Bonchev–Trinajstić information content (AvgIpc) is 3.39. The second kappa shape index (κ2) is 10.5. The monoisotopic (exact) mass is 660 g/mol. The summed E-state index contributed by atoms with van der Waals surface area (Å²) in [5.74, 6) is -6.66. The quantitative estimate of drug-likeness (QED) is 0.206. The fraction of sp³-hybridized carbons (Fsp3) is 0.257. The fourth-order valence-electron chi connectivity index (χ4n) is 7.65. The molecule has 7 rings (SSSR count). The van der Waals surface area contributed by atoms with Crippen molar-refractivity contribution in [2.24, 2.45) is 17.8 Å². The number of imide groups is 2. The number of benzene rings is 3. The number of alkyl halides is 2. The van der Waals surface area contributed by atoms with Crippen LogP contribution in [0, 0.1) is 23.6 Å². The van der Waals surface area contributed by atoms with Gasteiger partial charge in [-0.2, -0.15) is 0 Å². The standard InChI is InChI=1S/C35H27Cl2FN2O6/c1-3-18-4-8-20(9-5-18)39-30(42)24-14-13-23-26(28(24)31(39)43)17-34(36)32(44)40(21-10-6-19(38)7-11-21)33(45)35(34,37)29(23)25-16-22(46-2)12-15-27(25)41/h3-13,15-16,24,26,28-29,41H,1,14,17H2,2H3. The van der Waals surface area contributed by atoms with Crippen molar-refractivity contribution >= 4 is 64.3 Å². The molecule has 4 aliphatic rings. The first-order valence-electron chi connectivity index (χ1n) is 14.7. The maximum absolute atomic E-state index is 14.4. The van der Waals surface area contributed by atoms with E-state index in [1.165, 1.54) is 37.4 Å². The molecule has 2 saturated heterocycles. The molecule has 0 aromatic heterocycles.